The Morgan fingerprint density at radius 3 is 2.72 bits per heavy atom. The van der Waals surface area contributed by atoms with E-state index in [1.165, 1.54) is 6.42 Å². The molecule has 1 rings (SSSR count). The molecule has 1 aliphatic heterocycles. The molecule has 0 spiro atoms. The molecule has 0 radical (unpaired) electrons. The highest BCUT2D eigenvalue weighted by molar-refractivity contribution is 4.63. The number of ether oxygens (including phenoxy) is 2. The molecule has 2 unspecified atom stereocenters. The summed E-state index contributed by atoms with van der Waals surface area (Å²) < 4.78 is 11.1. The third-order valence-corrected chi connectivity index (χ3v) is 3.33. The Bertz CT molecular complexity index is 181. The van der Waals surface area contributed by atoms with Crippen LogP contribution >= 0.6 is 0 Å². The minimum Gasteiger partial charge on any atom is -0.396 e. The maximum atomic E-state index is 9.72. The molecule has 0 saturated carbocycles. The van der Waals surface area contributed by atoms with Gasteiger partial charge in [0.1, 0.15) is 0 Å². The first-order valence-electron chi connectivity index (χ1n) is 7.31. The second-order valence-electron chi connectivity index (χ2n) is 5.11. The van der Waals surface area contributed by atoms with E-state index in [-0.39, 0.29) is 18.8 Å². The minimum atomic E-state index is -0.359. The van der Waals surface area contributed by atoms with Crippen molar-refractivity contribution in [2.45, 2.75) is 63.6 Å². The van der Waals surface area contributed by atoms with Crippen LogP contribution in [0.1, 0.15) is 51.4 Å². The summed E-state index contributed by atoms with van der Waals surface area (Å²) in [5, 5.41) is 18.4. The molecule has 1 fully saturated rings. The normalized spacial score (nSPS) is 22.0. The summed E-state index contributed by atoms with van der Waals surface area (Å²) in [6, 6.07) is 0. The summed E-state index contributed by atoms with van der Waals surface area (Å²) in [5.74, 6) is 0. The van der Waals surface area contributed by atoms with Crippen LogP contribution in [0.4, 0.5) is 0 Å². The monoisotopic (exact) mass is 260 g/mol. The third kappa shape index (κ3) is 8.03. The van der Waals surface area contributed by atoms with Crippen molar-refractivity contribution in [2.75, 3.05) is 26.4 Å². The number of unbranched alkanes of at least 4 members (excludes halogenated alkanes) is 3. The van der Waals surface area contributed by atoms with Gasteiger partial charge in [0.25, 0.3) is 0 Å². The third-order valence-electron chi connectivity index (χ3n) is 3.33. The summed E-state index contributed by atoms with van der Waals surface area (Å²) in [7, 11) is 0. The van der Waals surface area contributed by atoms with E-state index in [1.54, 1.807) is 0 Å². The van der Waals surface area contributed by atoms with E-state index in [0.717, 1.165) is 51.6 Å². The van der Waals surface area contributed by atoms with Crippen molar-refractivity contribution in [1.82, 2.24) is 0 Å². The lowest BCUT2D eigenvalue weighted by Gasteiger charge is -2.22. The first-order valence-corrected chi connectivity index (χ1v) is 7.31. The van der Waals surface area contributed by atoms with Crippen molar-refractivity contribution in [3.8, 4) is 0 Å². The Morgan fingerprint density at radius 2 is 2.00 bits per heavy atom. The first kappa shape index (κ1) is 15.9. The predicted octanol–water partition coefficient (Wildman–Crippen LogP) is 1.88. The molecule has 2 atom stereocenters. The molecule has 0 bridgehead atoms. The smallest absolute Gasteiger partial charge is 0.0808 e. The number of hydrogen-bond donors (Lipinski definition) is 2. The highest BCUT2D eigenvalue weighted by Gasteiger charge is 2.14. The lowest BCUT2D eigenvalue weighted by atomic mass is 10.1. The van der Waals surface area contributed by atoms with Gasteiger partial charge in [-0.15, -0.1) is 0 Å². The van der Waals surface area contributed by atoms with Gasteiger partial charge in [-0.3, -0.25) is 0 Å². The summed E-state index contributed by atoms with van der Waals surface area (Å²) in [4.78, 5) is 0. The van der Waals surface area contributed by atoms with Crippen LogP contribution in [-0.2, 0) is 9.47 Å². The second-order valence-corrected chi connectivity index (χ2v) is 5.11. The number of rotatable bonds is 10. The van der Waals surface area contributed by atoms with Crippen LogP contribution in [-0.4, -0.2) is 48.8 Å². The van der Waals surface area contributed by atoms with Gasteiger partial charge in [-0.05, 0) is 32.1 Å². The van der Waals surface area contributed by atoms with Crippen molar-refractivity contribution in [3.05, 3.63) is 0 Å². The topological polar surface area (TPSA) is 58.9 Å². The molecular weight excluding hydrogens is 232 g/mol. The van der Waals surface area contributed by atoms with Gasteiger partial charge < -0.3 is 19.7 Å². The molecule has 0 aromatic rings. The molecular formula is C14H28O4. The molecule has 0 aliphatic carbocycles. The maximum Gasteiger partial charge on any atom is 0.0808 e. The van der Waals surface area contributed by atoms with Crippen molar-refractivity contribution in [3.63, 3.8) is 0 Å². The van der Waals surface area contributed by atoms with Gasteiger partial charge in [-0.1, -0.05) is 19.3 Å². The second kappa shape index (κ2) is 10.7. The van der Waals surface area contributed by atoms with Gasteiger partial charge in [0, 0.05) is 13.2 Å². The SMILES string of the molecule is OCCCCCCC(O)COCC1CCCCO1. The standard InChI is InChI=1S/C14H28O4/c15-9-5-2-1-3-7-13(16)11-17-12-14-8-4-6-10-18-14/h13-16H,1-12H2. The summed E-state index contributed by atoms with van der Waals surface area (Å²) >= 11 is 0. The Balaban J connectivity index is 1.88. The van der Waals surface area contributed by atoms with Crippen molar-refractivity contribution in [2.24, 2.45) is 0 Å². The quantitative estimate of drug-likeness (QED) is 0.589. The van der Waals surface area contributed by atoms with E-state index in [2.05, 4.69) is 0 Å². The Hall–Kier alpha value is -0.160. The van der Waals surface area contributed by atoms with E-state index < -0.39 is 0 Å². The van der Waals surface area contributed by atoms with Crippen LogP contribution in [0.25, 0.3) is 0 Å². The molecule has 18 heavy (non-hydrogen) atoms. The molecule has 0 aromatic carbocycles. The van der Waals surface area contributed by atoms with Crippen LogP contribution in [0.2, 0.25) is 0 Å². The lowest BCUT2D eigenvalue weighted by Crippen LogP contribution is -2.26. The van der Waals surface area contributed by atoms with Crippen LogP contribution in [0, 0.1) is 0 Å². The van der Waals surface area contributed by atoms with Gasteiger partial charge in [0.2, 0.25) is 0 Å². The van der Waals surface area contributed by atoms with Crippen LogP contribution < -0.4 is 0 Å². The molecule has 1 heterocycles. The fourth-order valence-electron chi connectivity index (χ4n) is 2.20. The zero-order valence-electron chi connectivity index (χ0n) is 11.4. The van der Waals surface area contributed by atoms with E-state index in [4.69, 9.17) is 14.6 Å². The maximum absolute atomic E-state index is 9.72. The van der Waals surface area contributed by atoms with Gasteiger partial charge >= 0.3 is 0 Å². The van der Waals surface area contributed by atoms with Crippen molar-refractivity contribution >= 4 is 0 Å². The predicted molar refractivity (Wildman–Crippen MR) is 70.6 cm³/mol. The Kier molecular flexibility index (Phi) is 9.48. The molecule has 1 aliphatic rings. The zero-order valence-corrected chi connectivity index (χ0v) is 11.4. The van der Waals surface area contributed by atoms with E-state index in [1.807, 2.05) is 0 Å². The summed E-state index contributed by atoms with van der Waals surface area (Å²) in [6.45, 7) is 2.15. The highest BCUT2D eigenvalue weighted by atomic mass is 16.5. The van der Waals surface area contributed by atoms with Gasteiger partial charge in [0.05, 0.1) is 25.4 Å². The average molecular weight is 260 g/mol. The summed E-state index contributed by atoms with van der Waals surface area (Å²) in [6.07, 6.45) is 8.11. The average Bonchev–Trinajstić information content (AvgIpc) is 2.40. The van der Waals surface area contributed by atoms with Gasteiger partial charge in [0.15, 0.2) is 0 Å². The zero-order chi connectivity index (χ0) is 13.1. The molecule has 0 aromatic heterocycles. The Labute approximate surface area is 110 Å². The van der Waals surface area contributed by atoms with Crippen LogP contribution in [0.15, 0.2) is 0 Å². The van der Waals surface area contributed by atoms with E-state index in [0.29, 0.717) is 13.2 Å². The van der Waals surface area contributed by atoms with E-state index >= 15 is 0 Å². The highest BCUT2D eigenvalue weighted by Crippen LogP contribution is 2.13. The minimum absolute atomic E-state index is 0.232. The fourth-order valence-corrected chi connectivity index (χ4v) is 2.20. The molecule has 4 nitrogen and oxygen atoms in total. The number of aliphatic hydroxyl groups excluding tert-OH is 2. The van der Waals surface area contributed by atoms with Crippen LogP contribution in [0.5, 0.6) is 0 Å². The van der Waals surface area contributed by atoms with Crippen molar-refractivity contribution in [1.29, 1.82) is 0 Å². The molecule has 2 N–H and O–H groups in total. The lowest BCUT2D eigenvalue weighted by molar-refractivity contribution is -0.0579. The molecule has 1 saturated heterocycles. The molecule has 4 heteroatoms. The molecule has 0 amide bonds. The van der Waals surface area contributed by atoms with Crippen LogP contribution in [0.3, 0.4) is 0 Å². The Morgan fingerprint density at radius 1 is 1.17 bits per heavy atom. The number of aliphatic hydroxyl groups is 2. The van der Waals surface area contributed by atoms with E-state index in [9.17, 15) is 5.11 Å². The van der Waals surface area contributed by atoms with Gasteiger partial charge in [-0.2, -0.15) is 0 Å². The van der Waals surface area contributed by atoms with Gasteiger partial charge in [-0.25, -0.2) is 0 Å². The fraction of sp³-hybridized carbons (Fsp3) is 1.00. The largest absolute Gasteiger partial charge is 0.396 e. The van der Waals surface area contributed by atoms with Crippen molar-refractivity contribution < 1.29 is 19.7 Å². The number of hydrogen-bond acceptors (Lipinski definition) is 4. The molecule has 108 valence electrons. The first-order chi connectivity index (χ1) is 8.83. The summed E-state index contributed by atoms with van der Waals surface area (Å²) in [5.41, 5.74) is 0.